The summed E-state index contributed by atoms with van der Waals surface area (Å²) < 4.78 is 29.2. The summed E-state index contributed by atoms with van der Waals surface area (Å²) >= 11 is 0. The molecule has 1 aromatic heterocycles. The molecule has 1 aromatic rings. The largest absolute Gasteiger partial charge is 0.344 e. The minimum Gasteiger partial charge on any atom is -0.344 e. The highest BCUT2D eigenvalue weighted by Crippen LogP contribution is 2.19. The monoisotopic (exact) mass is 395 g/mol. The Kier molecular flexibility index (Phi) is 8.09. The first kappa shape index (κ1) is 23.8. The van der Waals surface area contributed by atoms with E-state index in [1.165, 1.54) is 16.5 Å². The first-order chi connectivity index (χ1) is 10.8. The third-order valence-electron chi connectivity index (χ3n) is 4.01. The Labute approximate surface area is 156 Å². The van der Waals surface area contributed by atoms with E-state index in [1.807, 2.05) is 13.8 Å². The van der Waals surface area contributed by atoms with Crippen molar-refractivity contribution in [2.45, 2.75) is 45.6 Å². The molecule has 0 aliphatic heterocycles. The highest BCUT2D eigenvalue weighted by atomic mass is 35.5. The van der Waals surface area contributed by atoms with Crippen LogP contribution in [0.1, 0.15) is 32.2 Å². The number of sulfonamides is 1. The average molecular weight is 396 g/mol. The van der Waals surface area contributed by atoms with Crippen LogP contribution in [-0.2, 0) is 21.9 Å². The topological polar surface area (TPSA) is 110 Å². The molecule has 0 aromatic carbocycles. The molecule has 0 saturated heterocycles. The van der Waals surface area contributed by atoms with E-state index in [2.05, 4.69) is 9.82 Å². The van der Waals surface area contributed by atoms with Gasteiger partial charge in [0, 0.05) is 20.6 Å². The molecule has 8 nitrogen and oxygen atoms in total. The van der Waals surface area contributed by atoms with E-state index in [4.69, 9.17) is 5.73 Å². The van der Waals surface area contributed by atoms with Crippen molar-refractivity contribution in [3.8, 4) is 0 Å². The fourth-order valence-electron chi connectivity index (χ4n) is 2.60. The molecule has 10 heteroatoms. The maximum Gasteiger partial charge on any atom is 0.244 e. The molecule has 0 fully saturated rings. The molecular formula is C15H30ClN5O3S. The van der Waals surface area contributed by atoms with Crippen LogP contribution in [0, 0.1) is 19.3 Å². The predicted molar refractivity (Wildman–Crippen MR) is 100 cm³/mol. The first-order valence-electron chi connectivity index (χ1n) is 7.80. The van der Waals surface area contributed by atoms with Crippen LogP contribution >= 0.6 is 12.4 Å². The minimum atomic E-state index is -3.83. The molecule has 1 rings (SSSR count). The lowest BCUT2D eigenvalue weighted by molar-refractivity contribution is -0.132. The number of aryl methyl sites for hydroxylation is 2. The van der Waals surface area contributed by atoms with Crippen molar-refractivity contribution < 1.29 is 13.2 Å². The van der Waals surface area contributed by atoms with Crippen LogP contribution in [-0.4, -0.2) is 55.2 Å². The van der Waals surface area contributed by atoms with Crippen molar-refractivity contribution in [2.75, 3.05) is 20.1 Å². The summed E-state index contributed by atoms with van der Waals surface area (Å²) in [6, 6.07) is -0.882. The second-order valence-corrected chi connectivity index (χ2v) is 8.68. The van der Waals surface area contributed by atoms with Crippen LogP contribution in [0.3, 0.4) is 0 Å². The standard InChI is InChI=1S/C15H29N5O3S.ClH/c1-10-13(12(3)20(7)17-10)24(22,23)18-11(2)14(21)19(6)9-15(4,5)8-16;/h11,18H,8-9,16H2,1-7H3;1H. The first-order valence-corrected chi connectivity index (χ1v) is 9.28. The second-order valence-electron chi connectivity index (χ2n) is 7.03. The van der Waals surface area contributed by atoms with E-state index in [0.29, 0.717) is 24.5 Å². The van der Waals surface area contributed by atoms with Gasteiger partial charge in [-0.05, 0) is 32.7 Å². The molecule has 0 bridgehead atoms. The zero-order valence-electron chi connectivity index (χ0n) is 16.0. The Hall–Kier alpha value is -1.16. The number of aromatic nitrogens is 2. The van der Waals surface area contributed by atoms with Gasteiger partial charge in [-0.25, -0.2) is 8.42 Å². The van der Waals surface area contributed by atoms with E-state index < -0.39 is 16.1 Å². The molecule has 1 atom stereocenters. The van der Waals surface area contributed by atoms with Crippen LogP contribution in [0.4, 0.5) is 0 Å². The Balaban J connectivity index is 0.00000576. The Bertz CT molecular complexity index is 715. The van der Waals surface area contributed by atoms with Crippen molar-refractivity contribution in [2.24, 2.45) is 18.2 Å². The van der Waals surface area contributed by atoms with Crippen molar-refractivity contribution in [1.82, 2.24) is 19.4 Å². The fourth-order valence-corrected chi connectivity index (χ4v) is 4.24. The third-order valence-corrected chi connectivity index (χ3v) is 5.80. The van der Waals surface area contributed by atoms with Crippen LogP contribution in [0.2, 0.25) is 0 Å². The SMILES string of the molecule is Cc1nn(C)c(C)c1S(=O)(=O)NC(C)C(=O)N(C)CC(C)(C)CN.Cl. The average Bonchev–Trinajstić information content (AvgIpc) is 2.70. The highest BCUT2D eigenvalue weighted by molar-refractivity contribution is 7.89. The predicted octanol–water partition coefficient (Wildman–Crippen LogP) is 0.569. The molecule has 1 amide bonds. The number of nitrogens with one attached hydrogen (secondary N) is 1. The van der Waals surface area contributed by atoms with Gasteiger partial charge in [0.05, 0.1) is 17.4 Å². The summed E-state index contributed by atoms with van der Waals surface area (Å²) in [4.78, 5) is 14.1. The second kappa shape index (κ2) is 8.48. The summed E-state index contributed by atoms with van der Waals surface area (Å²) in [7, 11) is -0.510. The van der Waals surface area contributed by atoms with Gasteiger partial charge >= 0.3 is 0 Å². The summed E-state index contributed by atoms with van der Waals surface area (Å²) in [5, 5.41) is 4.11. The number of nitrogens with two attached hydrogens (primary N) is 1. The number of nitrogens with zero attached hydrogens (tertiary/aromatic N) is 3. The van der Waals surface area contributed by atoms with Gasteiger partial charge in [0.15, 0.2) is 0 Å². The Morgan fingerprint density at radius 3 is 2.32 bits per heavy atom. The maximum atomic E-state index is 12.6. The number of halogens is 1. The van der Waals surface area contributed by atoms with E-state index in [9.17, 15) is 13.2 Å². The zero-order valence-corrected chi connectivity index (χ0v) is 17.6. The smallest absolute Gasteiger partial charge is 0.244 e. The third kappa shape index (κ3) is 5.67. The molecule has 25 heavy (non-hydrogen) atoms. The number of hydrogen-bond donors (Lipinski definition) is 2. The highest BCUT2D eigenvalue weighted by Gasteiger charge is 2.30. The molecule has 0 radical (unpaired) electrons. The van der Waals surface area contributed by atoms with Crippen molar-refractivity contribution in [1.29, 1.82) is 0 Å². The van der Waals surface area contributed by atoms with E-state index in [1.54, 1.807) is 27.9 Å². The van der Waals surface area contributed by atoms with Gasteiger partial charge in [-0.2, -0.15) is 9.82 Å². The van der Waals surface area contributed by atoms with E-state index in [0.717, 1.165) is 0 Å². The Morgan fingerprint density at radius 2 is 1.92 bits per heavy atom. The number of likely N-dealkylation sites (N-methyl/N-ethyl adjacent to an activating group) is 1. The van der Waals surface area contributed by atoms with Crippen LogP contribution in [0.5, 0.6) is 0 Å². The molecular weight excluding hydrogens is 366 g/mol. The Morgan fingerprint density at radius 1 is 1.40 bits per heavy atom. The quantitative estimate of drug-likeness (QED) is 0.701. The molecule has 0 saturated carbocycles. The summed E-state index contributed by atoms with van der Waals surface area (Å²) in [6.07, 6.45) is 0. The number of rotatable bonds is 7. The fraction of sp³-hybridized carbons (Fsp3) is 0.733. The number of carbonyl (C=O) groups is 1. The van der Waals surface area contributed by atoms with Gasteiger partial charge in [0.2, 0.25) is 15.9 Å². The number of carbonyl (C=O) groups excluding carboxylic acids is 1. The zero-order chi connectivity index (χ0) is 18.9. The van der Waals surface area contributed by atoms with E-state index in [-0.39, 0.29) is 28.6 Å². The van der Waals surface area contributed by atoms with Gasteiger partial charge in [-0.15, -0.1) is 12.4 Å². The molecule has 1 heterocycles. The molecule has 0 spiro atoms. The van der Waals surface area contributed by atoms with Crippen molar-refractivity contribution in [3.05, 3.63) is 11.4 Å². The van der Waals surface area contributed by atoms with Crippen LogP contribution in [0.25, 0.3) is 0 Å². The molecule has 3 N–H and O–H groups in total. The van der Waals surface area contributed by atoms with E-state index >= 15 is 0 Å². The van der Waals surface area contributed by atoms with Crippen molar-refractivity contribution >= 4 is 28.3 Å². The maximum absolute atomic E-state index is 12.6. The number of hydrogen-bond acceptors (Lipinski definition) is 5. The normalized spacial score (nSPS) is 13.3. The molecule has 1 unspecified atom stereocenters. The lowest BCUT2D eigenvalue weighted by Crippen LogP contribution is -2.48. The van der Waals surface area contributed by atoms with Gasteiger partial charge in [0.25, 0.3) is 0 Å². The minimum absolute atomic E-state index is 0. The van der Waals surface area contributed by atoms with Gasteiger partial charge in [-0.3, -0.25) is 9.48 Å². The van der Waals surface area contributed by atoms with Crippen LogP contribution < -0.4 is 10.5 Å². The van der Waals surface area contributed by atoms with Gasteiger partial charge < -0.3 is 10.6 Å². The molecule has 146 valence electrons. The lowest BCUT2D eigenvalue weighted by atomic mass is 9.93. The summed E-state index contributed by atoms with van der Waals surface area (Å²) in [6.45, 7) is 9.62. The summed E-state index contributed by atoms with van der Waals surface area (Å²) in [5.74, 6) is -0.306. The van der Waals surface area contributed by atoms with Gasteiger partial charge in [-0.1, -0.05) is 13.8 Å². The molecule has 0 aliphatic rings. The number of amides is 1. The van der Waals surface area contributed by atoms with Crippen LogP contribution in [0.15, 0.2) is 4.90 Å². The molecule has 0 aliphatic carbocycles. The van der Waals surface area contributed by atoms with Gasteiger partial charge in [0.1, 0.15) is 4.90 Å². The van der Waals surface area contributed by atoms with Crippen molar-refractivity contribution in [3.63, 3.8) is 0 Å². The summed E-state index contributed by atoms with van der Waals surface area (Å²) in [5.41, 5.74) is 6.38. The lowest BCUT2D eigenvalue weighted by Gasteiger charge is -2.30.